The van der Waals surface area contributed by atoms with E-state index in [1.807, 2.05) is 49.4 Å². The van der Waals surface area contributed by atoms with Gasteiger partial charge in [-0.2, -0.15) is 0 Å². The first kappa shape index (κ1) is 22.4. The zero-order chi connectivity index (χ0) is 18.1. The molecule has 6 heteroatoms. The van der Waals surface area contributed by atoms with Gasteiger partial charge in [0.05, 0.1) is 19.6 Å². The molecule has 0 aliphatic heterocycles. The van der Waals surface area contributed by atoms with E-state index in [4.69, 9.17) is 25.8 Å². The lowest BCUT2D eigenvalue weighted by molar-refractivity contribution is 0.311. The lowest BCUT2D eigenvalue weighted by Gasteiger charge is -2.13. The van der Waals surface area contributed by atoms with Crippen LogP contribution in [0, 0.1) is 6.92 Å². The zero-order valence-corrected chi connectivity index (χ0v) is 17.0. The van der Waals surface area contributed by atoms with Crippen molar-refractivity contribution in [3.8, 4) is 17.2 Å². The Hall–Kier alpha value is -1.62. The lowest BCUT2D eigenvalue weighted by atomic mass is 10.1. The van der Waals surface area contributed by atoms with Crippen molar-refractivity contribution >= 4 is 24.0 Å². The molecule has 1 N–H and O–H groups in total. The second kappa shape index (κ2) is 11.9. The summed E-state index contributed by atoms with van der Waals surface area (Å²) >= 11 is 6.32. The molecule has 0 saturated heterocycles. The molecule has 0 aliphatic carbocycles. The Morgan fingerprint density at radius 1 is 1.04 bits per heavy atom. The van der Waals surface area contributed by atoms with Crippen LogP contribution < -0.4 is 19.5 Å². The number of aryl methyl sites for hydroxylation is 1. The Morgan fingerprint density at radius 3 is 2.50 bits per heavy atom. The summed E-state index contributed by atoms with van der Waals surface area (Å²) in [6.07, 6.45) is 0.892. The number of rotatable bonds is 10. The van der Waals surface area contributed by atoms with E-state index in [0.29, 0.717) is 13.2 Å². The van der Waals surface area contributed by atoms with E-state index in [9.17, 15) is 0 Å². The van der Waals surface area contributed by atoms with Gasteiger partial charge in [-0.1, -0.05) is 18.2 Å². The Labute approximate surface area is 167 Å². The van der Waals surface area contributed by atoms with Gasteiger partial charge in [0, 0.05) is 6.54 Å². The second-order valence-corrected chi connectivity index (χ2v) is 6.49. The standard InChI is InChI=1S/C20H26ClNO3.ClH/c1-15-5-4-6-18(11-15)25-14-17(21)13-22-10-9-16-7-8-19(23-2)20(12-16)24-3;/h4-8,11-12,17,22H,9-10,13-14H2,1-3H3;1H. The van der Waals surface area contributed by atoms with Crippen LogP contribution >= 0.6 is 24.0 Å². The zero-order valence-electron chi connectivity index (χ0n) is 15.5. The smallest absolute Gasteiger partial charge is 0.160 e. The normalized spacial score (nSPS) is 11.4. The summed E-state index contributed by atoms with van der Waals surface area (Å²) in [6, 6.07) is 13.9. The molecule has 144 valence electrons. The number of methoxy groups -OCH3 is 2. The predicted octanol–water partition coefficient (Wildman–Crippen LogP) is 4.25. The Balaban J connectivity index is 0.00000338. The van der Waals surface area contributed by atoms with Gasteiger partial charge >= 0.3 is 0 Å². The summed E-state index contributed by atoms with van der Waals surface area (Å²) in [7, 11) is 3.28. The van der Waals surface area contributed by atoms with Crippen LogP contribution in [0.3, 0.4) is 0 Å². The van der Waals surface area contributed by atoms with E-state index in [1.165, 1.54) is 11.1 Å². The number of hydrogen-bond acceptors (Lipinski definition) is 4. The molecule has 0 spiro atoms. The first-order chi connectivity index (χ1) is 12.1. The highest BCUT2D eigenvalue weighted by atomic mass is 35.5. The van der Waals surface area contributed by atoms with Gasteiger partial charge in [0.2, 0.25) is 0 Å². The summed E-state index contributed by atoms with van der Waals surface area (Å²) in [6.45, 7) is 4.05. The molecule has 0 aliphatic rings. The summed E-state index contributed by atoms with van der Waals surface area (Å²) in [5.41, 5.74) is 2.36. The number of halogens is 2. The molecule has 0 bridgehead atoms. The van der Waals surface area contributed by atoms with Crippen LogP contribution in [0.1, 0.15) is 11.1 Å². The van der Waals surface area contributed by atoms with E-state index in [2.05, 4.69) is 5.32 Å². The van der Waals surface area contributed by atoms with Crippen molar-refractivity contribution in [1.29, 1.82) is 0 Å². The third-order valence-corrected chi connectivity index (χ3v) is 4.10. The molecule has 2 rings (SSSR count). The van der Waals surface area contributed by atoms with Gasteiger partial charge in [-0.25, -0.2) is 0 Å². The molecule has 0 amide bonds. The van der Waals surface area contributed by atoms with Crippen LogP contribution in [0.25, 0.3) is 0 Å². The Morgan fingerprint density at radius 2 is 1.81 bits per heavy atom. The quantitative estimate of drug-likeness (QED) is 0.478. The van der Waals surface area contributed by atoms with Crippen LogP contribution in [-0.4, -0.2) is 39.3 Å². The number of nitrogens with one attached hydrogen (secondary N) is 1. The molecule has 1 atom stereocenters. The molecule has 2 aromatic carbocycles. The van der Waals surface area contributed by atoms with Gasteiger partial charge in [-0.15, -0.1) is 24.0 Å². The van der Waals surface area contributed by atoms with Gasteiger partial charge in [-0.05, 0) is 55.3 Å². The van der Waals surface area contributed by atoms with E-state index < -0.39 is 0 Å². The molecule has 0 radical (unpaired) electrons. The molecule has 1 unspecified atom stereocenters. The summed E-state index contributed by atoms with van der Waals surface area (Å²) in [5, 5.41) is 3.29. The predicted molar refractivity (Wildman–Crippen MR) is 110 cm³/mol. The minimum absolute atomic E-state index is 0. The highest BCUT2D eigenvalue weighted by Crippen LogP contribution is 2.27. The van der Waals surface area contributed by atoms with Crippen molar-refractivity contribution in [3.05, 3.63) is 53.6 Å². The fourth-order valence-corrected chi connectivity index (χ4v) is 2.65. The number of hydrogen-bond donors (Lipinski definition) is 1. The first-order valence-electron chi connectivity index (χ1n) is 8.37. The maximum atomic E-state index is 6.32. The van der Waals surface area contributed by atoms with Crippen LogP contribution in [-0.2, 0) is 6.42 Å². The average Bonchev–Trinajstić information content (AvgIpc) is 2.63. The number of alkyl halides is 1. The SMILES string of the molecule is COc1ccc(CCNCC(Cl)COc2cccc(C)c2)cc1OC.Cl. The maximum absolute atomic E-state index is 6.32. The van der Waals surface area contributed by atoms with Crippen LogP contribution in [0.15, 0.2) is 42.5 Å². The van der Waals surface area contributed by atoms with Crippen molar-refractivity contribution in [3.63, 3.8) is 0 Å². The molecule has 0 saturated carbocycles. The van der Waals surface area contributed by atoms with Crippen molar-refractivity contribution in [2.75, 3.05) is 33.9 Å². The van der Waals surface area contributed by atoms with Crippen molar-refractivity contribution in [2.45, 2.75) is 18.7 Å². The van der Waals surface area contributed by atoms with E-state index in [0.717, 1.165) is 30.2 Å². The molecule has 4 nitrogen and oxygen atoms in total. The minimum Gasteiger partial charge on any atom is -0.493 e. The van der Waals surface area contributed by atoms with Crippen LogP contribution in [0.4, 0.5) is 0 Å². The molecule has 26 heavy (non-hydrogen) atoms. The van der Waals surface area contributed by atoms with Crippen molar-refractivity contribution in [1.82, 2.24) is 5.32 Å². The van der Waals surface area contributed by atoms with Gasteiger partial charge in [0.15, 0.2) is 11.5 Å². The highest BCUT2D eigenvalue weighted by Gasteiger charge is 2.07. The highest BCUT2D eigenvalue weighted by molar-refractivity contribution is 6.20. The Bertz CT molecular complexity index is 667. The van der Waals surface area contributed by atoms with E-state index in [1.54, 1.807) is 14.2 Å². The van der Waals surface area contributed by atoms with Gasteiger partial charge in [-0.3, -0.25) is 0 Å². The lowest BCUT2D eigenvalue weighted by Crippen LogP contribution is -2.29. The second-order valence-electron chi connectivity index (χ2n) is 5.87. The fraction of sp³-hybridized carbons (Fsp3) is 0.400. The van der Waals surface area contributed by atoms with E-state index in [-0.39, 0.29) is 17.8 Å². The monoisotopic (exact) mass is 399 g/mol. The average molecular weight is 400 g/mol. The van der Waals surface area contributed by atoms with Gasteiger partial charge < -0.3 is 19.5 Å². The Kier molecular flexibility index (Phi) is 10.3. The molecule has 0 aromatic heterocycles. The van der Waals surface area contributed by atoms with Crippen molar-refractivity contribution < 1.29 is 14.2 Å². The maximum Gasteiger partial charge on any atom is 0.160 e. The minimum atomic E-state index is -0.0779. The molecular weight excluding hydrogens is 373 g/mol. The summed E-state index contributed by atoms with van der Waals surface area (Å²) < 4.78 is 16.3. The van der Waals surface area contributed by atoms with Crippen LogP contribution in [0.2, 0.25) is 0 Å². The topological polar surface area (TPSA) is 39.7 Å². The third-order valence-electron chi connectivity index (χ3n) is 3.82. The summed E-state index contributed by atoms with van der Waals surface area (Å²) in [4.78, 5) is 0. The largest absolute Gasteiger partial charge is 0.493 e. The molecular formula is C20H27Cl2NO3. The molecule has 0 heterocycles. The van der Waals surface area contributed by atoms with Crippen molar-refractivity contribution in [2.24, 2.45) is 0 Å². The van der Waals surface area contributed by atoms with Crippen LogP contribution in [0.5, 0.6) is 17.2 Å². The molecule has 0 fully saturated rings. The van der Waals surface area contributed by atoms with Gasteiger partial charge in [0.25, 0.3) is 0 Å². The fourth-order valence-electron chi connectivity index (χ4n) is 2.48. The van der Waals surface area contributed by atoms with Gasteiger partial charge in [0.1, 0.15) is 12.4 Å². The number of benzene rings is 2. The third kappa shape index (κ3) is 7.32. The van der Waals surface area contributed by atoms with E-state index >= 15 is 0 Å². The molecule has 2 aromatic rings. The first-order valence-corrected chi connectivity index (χ1v) is 8.81. The summed E-state index contributed by atoms with van der Waals surface area (Å²) in [5.74, 6) is 2.35. The number of ether oxygens (including phenoxy) is 3.